The Balaban J connectivity index is 2.12. The maximum Gasteiger partial charge on any atom is 0.315 e. The summed E-state index contributed by atoms with van der Waals surface area (Å²) >= 11 is 5.49. The molecule has 9 heteroatoms. The lowest BCUT2D eigenvalue weighted by Gasteiger charge is -2.34. The molecular weight excluding hydrogens is 303 g/mol. The van der Waals surface area contributed by atoms with Gasteiger partial charge in [-0.3, -0.25) is 10.1 Å². The number of nitrogens with zero attached hydrogens (tertiary/aromatic N) is 2. The highest BCUT2D eigenvalue weighted by molar-refractivity contribution is 8.08. The number of hydrogen-bond donors (Lipinski definition) is 0. The minimum atomic E-state index is -2.62. The Morgan fingerprint density at radius 1 is 1.35 bits per heavy atom. The van der Waals surface area contributed by atoms with Crippen LogP contribution >= 0.6 is 6.64 Å². The minimum Gasteiger partial charge on any atom is -0.433 e. The number of benzene rings is 1. The van der Waals surface area contributed by atoms with E-state index in [1.54, 1.807) is 0 Å². The van der Waals surface area contributed by atoms with E-state index in [0.717, 1.165) is 0 Å². The molecule has 1 unspecified atom stereocenters. The van der Waals surface area contributed by atoms with Gasteiger partial charge in [0.1, 0.15) is 5.75 Å². The highest BCUT2D eigenvalue weighted by atomic mass is 32.5. The molecule has 20 heavy (non-hydrogen) atoms. The van der Waals surface area contributed by atoms with Crippen molar-refractivity contribution in [3.63, 3.8) is 0 Å². The Labute approximate surface area is 121 Å². The molecule has 7 nitrogen and oxygen atoms in total. The third-order valence-electron chi connectivity index (χ3n) is 2.83. The topological polar surface area (TPSA) is 74.1 Å². The molecule has 1 aromatic carbocycles. The van der Waals surface area contributed by atoms with Crippen LogP contribution in [0.4, 0.5) is 5.69 Å². The molecule has 1 aromatic rings. The molecule has 0 amide bonds. The van der Waals surface area contributed by atoms with Crippen LogP contribution in [0.15, 0.2) is 24.3 Å². The summed E-state index contributed by atoms with van der Waals surface area (Å²) in [5, 5.41) is 10.6. The van der Waals surface area contributed by atoms with E-state index < -0.39 is 11.6 Å². The second kappa shape index (κ2) is 6.60. The number of rotatable bonds is 5. The van der Waals surface area contributed by atoms with E-state index >= 15 is 0 Å². The van der Waals surface area contributed by atoms with Crippen molar-refractivity contribution in [1.82, 2.24) is 4.67 Å². The molecule has 0 aromatic heterocycles. The van der Waals surface area contributed by atoms with Gasteiger partial charge in [0.15, 0.2) is 0 Å². The minimum absolute atomic E-state index is 0.00874. The number of nitro groups is 1. The molecule has 0 N–H and O–H groups in total. The van der Waals surface area contributed by atoms with Gasteiger partial charge in [0.05, 0.1) is 18.1 Å². The van der Waals surface area contributed by atoms with Crippen molar-refractivity contribution in [2.75, 3.05) is 33.4 Å². The van der Waals surface area contributed by atoms with Crippen molar-refractivity contribution < 1.29 is 18.7 Å². The second-order valence-corrected chi connectivity index (χ2v) is 7.49. The van der Waals surface area contributed by atoms with E-state index in [1.807, 2.05) is 4.67 Å². The summed E-state index contributed by atoms with van der Waals surface area (Å²) in [6, 6.07) is 5.81. The Bertz CT molecular complexity index is 518. The average Bonchev–Trinajstić information content (AvgIpc) is 2.48. The van der Waals surface area contributed by atoms with Gasteiger partial charge in [-0.15, -0.1) is 0 Å². The van der Waals surface area contributed by atoms with Crippen LogP contribution in [0, 0.1) is 10.1 Å². The molecule has 0 radical (unpaired) electrons. The Morgan fingerprint density at radius 3 is 2.45 bits per heavy atom. The van der Waals surface area contributed by atoms with Crippen LogP contribution in [0.5, 0.6) is 5.75 Å². The Hall–Kier alpha value is -1.05. The highest BCUT2D eigenvalue weighted by Gasteiger charge is 2.30. The monoisotopic (exact) mass is 318 g/mol. The van der Waals surface area contributed by atoms with Crippen molar-refractivity contribution in [2.24, 2.45) is 0 Å². The molecule has 1 saturated heterocycles. The molecule has 0 aliphatic carbocycles. The molecule has 0 spiro atoms. The molecule has 0 saturated carbocycles. The van der Waals surface area contributed by atoms with Crippen LogP contribution in [-0.4, -0.2) is 43.0 Å². The van der Waals surface area contributed by atoms with Crippen molar-refractivity contribution in [3.8, 4) is 5.75 Å². The number of ether oxygens (including phenoxy) is 1. The predicted octanol–water partition coefficient (Wildman–Crippen LogP) is 2.18. The summed E-state index contributed by atoms with van der Waals surface area (Å²) in [6.45, 7) is -0.140. The summed E-state index contributed by atoms with van der Waals surface area (Å²) in [4.78, 5) is 10.1. The van der Waals surface area contributed by atoms with E-state index in [0.29, 0.717) is 32.1 Å². The number of morpholine rings is 1. The fraction of sp³-hybridized carbons (Fsp3) is 0.455. The van der Waals surface area contributed by atoms with Gasteiger partial charge >= 0.3 is 6.64 Å². The van der Waals surface area contributed by atoms with Gasteiger partial charge < -0.3 is 13.8 Å². The smallest absolute Gasteiger partial charge is 0.315 e. The maximum atomic E-state index is 10.6. The molecule has 1 heterocycles. The van der Waals surface area contributed by atoms with E-state index in [1.165, 1.54) is 31.4 Å². The first kappa shape index (κ1) is 15.3. The molecule has 1 aliphatic heterocycles. The summed E-state index contributed by atoms with van der Waals surface area (Å²) in [7, 11) is 1.52. The zero-order chi connectivity index (χ0) is 14.6. The molecule has 0 bridgehead atoms. The second-order valence-electron chi connectivity index (χ2n) is 4.06. The molecular formula is C11H15N2O5PS. The maximum absolute atomic E-state index is 10.6. The van der Waals surface area contributed by atoms with Gasteiger partial charge in [-0.2, -0.15) is 0 Å². The lowest BCUT2D eigenvalue weighted by Crippen LogP contribution is -2.35. The fourth-order valence-electron chi connectivity index (χ4n) is 1.77. The summed E-state index contributed by atoms with van der Waals surface area (Å²) in [6.07, 6.45) is 0. The first-order valence-corrected chi connectivity index (χ1v) is 8.57. The van der Waals surface area contributed by atoms with Crippen molar-refractivity contribution in [1.29, 1.82) is 0 Å². The van der Waals surface area contributed by atoms with Crippen LogP contribution < -0.4 is 4.52 Å². The first-order chi connectivity index (χ1) is 9.55. The number of nitro benzene ring substituents is 1. The van der Waals surface area contributed by atoms with Crippen LogP contribution in [0.3, 0.4) is 0 Å². The summed E-state index contributed by atoms with van der Waals surface area (Å²) in [5.41, 5.74) is 0.00874. The van der Waals surface area contributed by atoms with E-state index in [9.17, 15) is 10.1 Å². The quantitative estimate of drug-likeness (QED) is 0.468. The van der Waals surface area contributed by atoms with E-state index in [2.05, 4.69) is 0 Å². The molecule has 1 atom stereocenters. The third-order valence-corrected chi connectivity index (χ3v) is 6.19. The highest BCUT2D eigenvalue weighted by Crippen LogP contribution is 2.51. The first-order valence-electron chi connectivity index (χ1n) is 5.98. The molecule has 2 rings (SSSR count). The number of hydrogen-bond acceptors (Lipinski definition) is 6. The average molecular weight is 318 g/mol. The largest absolute Gasteiger partial charge is 0.433 e. The van der Waals surface area contributed by atoms with Gasteiger partial charge in [0.2, 0.25) is 0 Å². The van der Waals surface area contributed by atoms with Crippen LogP contribution in [0.2, 0.25) is 0 Å². The van der Waals surface area contributed by atoms with Crippen molar-refractivity contribution in [3.05, 3.63) is 34.4 Å². The molecule has 1 fully saturated rings. The van der Waals surface area contributed by atoms with Crippen molar-refractivity contribution >= 4 is 24.1 Å². The normalized spacial score (nSPS) is 19.2. The third kappa shape index (κ3) is 3.53. The zero-order valence-corrected chi connectivity index (χ0v) is 12.6. The fourth-order valence-corrected chi connectivity index (χ4v) is 3.98. The lowest BCUT2D eigenvalue weighted by atomic mass is 10.3. The molecule has 110 valence electrons. The molecule has 1 aliphatic rings. The van der Waals surface area contributed by atoms with Crippen LogP contribution in [0.25, 0.3) is 0 Å². The van der Waals surface area contributed by atoms with Gasteiger partial charge in [-0.05, 0) is 23.9 Å². The van der Waals surface area contributed by atoms with Gasteiger partial charge in [0.25, 0.3) is 5.69 Å². The standard InChI is InChI=1S/C11H15N2O5PS/c1-16-19(20,12-6-8-17-9-7-12)18-11-4-2-10(3-5-11)13(14)15/h2-5H,6-9H2,1H3. The van der Waals surface area contributed by atoms with Crippen LogP contribution in [-0.2, 0) is 21.1 Å². The van der Waals surface area contributed by atoms with Crippen LogP contribution in [0.1, 0.15) is 0 Å². The zero-order valence-electron chi connectivity index (χ0n) is 10.9. The SMILES string of the molecule is COP(=S)(Oc1ccc([N+](=O)[O-])cc1)N1CCOCC1. The Morgan fingerprint density at radius 2 is 1.95 bits per heavy atom. The van der Waals surface area contributed by atoms with Gasteiger partial charge in [-0.25, -0.2) is 4.67 Å². The summed E-state index contributed by atoms with van der Waals surface area (Å²) in [5.74, 6) is 0.465. The van der Waals surface area contributed by atoms with E-state index in [4.69, 9.17) is 25.6 Å². The number of non-ortho nitro benzene ring substituents is 1. The van der Waals surface area contributed by atoms with Crippen molar-refractivity contribution in [2.45, 2.75) is 0 Å². The summed E-state index contributed by atoms with van der Waals surface area (Å²) < 4.78 is 18.4. The predicted molar refractivity (Wildman–Crippen MR) is 77.4 cm³/mol. The van der Waals surface area contributed by atoms with Gasteiger partial charge in [-0.1, -0.05) is 0 Å². The van der Waals surface area contributed by atoms with E-state index in [-0.39, 0.29) is 5.69 Å². The lowest BCUT2D eigenvalue weighted by molar-refractivity contribution is -0.384. The Kier molecular flexibility index (Phi) is 5.06. The van der Waals surface area contributed by atoms with Gasteiger partial charge in [0, 0.05) is 32.3 Å².